The Bertz CT molecular complexity index is 670. The molecule has 1 fully saturated rings. The molecule has 138 valence electrons. The maximum Gasteiger partial charge on any atom is 0.497 e. The molecule has 0 saturated carbocycles. The van der Waals surface area contributed by atoms with Gasteiger partial charge < -0.3 is 14.0 Å². The van der Waals surface area contributed by atoms with Crippen molar-refractivity contribution in [1.29, 1.82) is 0 Å². The van der Waals surface area contributed by atoms with Gasteiger partial charge in [0.25, 0.3) is 0 Å². The van der Waals surface area contributed by atoms with Gasteiger partial charge in [0.1, 0.15) is 17.2 Å². The molecule has 8 heteroatoms. The van der Waals surface area contributed by atoms with Gasteiger partial charge in [-0.05, 0) is 54.5 Å². The third kappa shape index (κ3) is 4.30. The number of rotatable bonds is 2. The van der Waals surface area contributed by atoms with Gasteiger partial charge in [-0.1, -0.05) is 0 Å². The predicted molar refractivity (Wildman–Crippen MR) is 91.9 cm³/mol. The summed E-state index contributed by atoms with van der Waals surface area (Å²) >= 11 is 0. The molecule has 1 saturated heterocycles. The molecule has 2 rings (SSSR count). The van der Waals surface area contributed by atoms with Crippen molar-refractivity contribution < 1.29 is 27.6 Å². The molecule has 5 nitrogen and oxygen atoms in total. The summed E-state index contributed by atoms with van der Waals surface area (Å²) in [5.74, 6) is -1.55. The van der Waals surface area contributed by atoms with Crippen molar-refractivity contribution in [2.75, 3.05) is 5.32 Å². The van der Waals surface area contributed by atoms with Gasteiger partial charge in [0, 0.05) is 11.5 Å². The van der Waals surface area contributed by atoms with Crippen molar-refractivity contribution in [1.82, 2.24) is 0 Å². The molecule has 0 bridgehead atoms. The van der Waals surface area contributed by atoms with Gasteiger partial charge in [0.2, 0.25) is 0 Å². The number of carbonyl (C=O) groups excluding carboxylic acids is 1. The predicted octanol–water partition coefficient (Wildman–Crippen LogP) is 3.61. The molecule has 0 aromatic heterocycles. The van der Waals surface area contributed by atoms with Gasteiger partial charge in [-0.25, -0.2) is 13.6 Å². The first kappa shape index (κ1) is 19.7. The molecular weight excluding hydrogens is 331 g/mol. The molecule has 25 heavy (non-hydrogen) atoms. The molecule has 1 aromatic carbocycles. The highest BCUT2D eigenvalue weighted by molar-refractivity contribution is 6.62. The smallest absolute Gasteiger partial charge is 0.444 e. The Hall–Kier alpha value is -1.67. The van der Waals surface area contributed by atoms with E-state index in [2.05, 4.69) is 5.32 Å². The highest BCUT2D eigenvalue weighted by Crippen LogP contribution is 2.36. The third-order valence-corrected chi connectivity index (χ3v) is 4.23. The number of nitrogens with one attached hydrogen (secondary N) is 1. The van der Waals surface area contributed by atoms with E-state index in [9.17, 15) is 13.6 Å². The Morgan fingerprint density at radius 2 is 1.60 bits per heavy atom. The normalized spacial score (nSPS) is 19.0. The zero-order valence-electron chi connectivity index (χ0n) is 15.6. The fourth-order valence-electron chi connectivity index (χ4n) is 2.22. The topological polar surface area (TPSA) is 56.8 Å². The van der Waals surface area contributed by atoms with Crippen LogP contribution in [0.5, 0.6) is 0 Å². The van der Waals surface area contributed by atoms with Crippen LogP contribution in [0, 0.1) is 11.6 Å². The summed E-state index contributed by atoms with van der Waals surface area (Å²) in [6.45, 7) is 12.3. The average Bonchev–Trinajstić information content (AvgIpc) is 2.60. The number of hydrogen-bond acceptors (Lipinski definition) is 4. The van der Waals surface area contributed by atoms with Gasteiger partial charge in [0.15, 0.2) is 0 Å². The van der Waals surface area contributed by atoms with Gasteiger partial charge in [0.05, 0.1) is 16.9 Å². The number of carbonyl (C=O) groups is 1. The van der Waals surface area contributed by atoms with E-state index in [4.69, 9.17) is 14.0 Å². The quantitative estimate of drug-likeness (QED) is 0.824. The summed E-state index contributed by atoms with van der Waals surface area (Å²) in [4.78, 5) is 11.7. The second kappa shape index (κ2) is 6.25. The molecule has 0 unspecified atom stereocenters. The van der Waals surface area contributed by atoms with Gasteiger partial charge >= 0.3 is 13.2 Å². The lowest BCUT2D eigenvalue weighted by molar-refractivity contribution is 0.00578. The molecule has 0 spiro atoms. The van der Waals surface area contributed by atoms with Crippen LogP contribution in [0.15, 0.2) is 12.1 Å². The van der Waals surface area contributed by atoms with Crippen molar-refractivity contribution in [2.24, 2.45) is 0 Å². The van der Waals surface area contributed by atoms with Crippen LogP contribution < -0.4 is 10.8 Å². The lowest BCUT2D eigenvalue weighted by Gasteiger charge is -2.32. The minimum Gasteiger partial charge on any atom is -0.444 e. The van der Waals surface area contributed by atoms with Crippen molar-refractivity contribution in [3.63, 3.8) is 0 Å². The van der Waals surface area contributed by atoms with Crippen LogP contribution in [0.4, 0.5) is 19.3 Å². The first-order valence-corrected chi connectivity index (χ1v) is 8.06. The summed E-state index contributed by atoms with van der Waals surface area (Å²) in [5.41, 5.74) is -2.47. The second-order valence-electron chi connectivity index (χ2n) is 8.07. The molecule has 1 heterocycles. The Morgan fingerprint density at radius 1 is 1.08 bits per heavy atom. The minimum atomic E-state index is -1.03. The largest absolute Gasteiger partial charge is 0.497 e. The van der Waals surface area contributed by atoms with Crippen molar-refractivity contribution in [2.45, 2.75) is 65.3 Å². The molecule has 1 aromatic rings. The fraction of sp³-hybridized carbons (Fsp3) is 0.588. The van der Waals surface area contributed by atoms with Crippen LogP contribution in [0.3, 0.4) is 0 Å². The maximum absolute atomic E-state index is 14.5. The molecule has 0 aliphatic carbocycles. The van der Waals surface area contributed by atoms with E-state index < -0.39 is 41.6 Å². The molecule has 0 atom stereocenters. The number of ether oxygens (including phenoxy) is 1. The summed E-state index contributed by atoms with van der Waals surface area (Å²) in [6.07, 6.45) is -0.866. The number of amides is 1. The molecule has 1 aliphatic heterocycles. The Balaban J connectivity index is 2.23. The number of anilines is 1. The third-order valence-electron chi connectivity index (χ3n) is 4.23. The van der Waals surface area contributed by atoms with Crippen LogP contribution in [0.1, 0.15) is 48.5 Å². The second-order valence-corrected chi connectivity index (χ2v) is 8.07. The fourth-order valence-corrected chi connectivity index (χ4v) is 2.22. The van der Waals surface area contributed by atoms with E-state index in [1.54, 1.807) is 20.8 Å². The van der Waals surface area contributed by atoms with Gasteiger partial charge in [-0.2, -0.15) is 0 Å². The van der Waals surface area contributed by atoms with E-state index >= 15 is 0 Å². The highest BCUT2D eigenvalue weighted by atomic mass is 19.1. The Morgan fingerprint density at radius 3 is 2.08 bits per heavy atom. The Kier molecular flexibility index (Phi) is 4.91. The monoisotopic (exact) mass is 355 g/mol. The van der Waals surface area contributed by atoms with Gasteiger partial charge in [-0.15, -0.1) is 0 Å². The van der Waals surface area contributed by atoms with Crippen molar-refractivity contribution in [3.05, 3.63) is 23.8 Å². The maximum atomic E-state index is 14.5. The molecule has 1 aliphatic rings. The van der Waals surface area contributed by atoms with Crippen LogP contribution in [-0.4, -0.2) is 30.0 Å². The van der Waals surface area contributed by atoms with E-state index in [0.717, 1.165) is 12.1 Å². The van der Waals surface area contributed by atoms with Crippen molar-refractivity contribution in [3.8, 4) is 0 Å². The summed E-state index contributed by atoms with van der Waals surface area (Å²) in [7, 11) is -1.03. The molecular formula is C17H24BF2NO4. The van der Waals surface area contributed by atoms with E-state index in [1.807, 2.05) is 27.7 Å². The van der Waals surface area contributed by atoms with Crippen LogP contribution >= 0.6 is 0 Å². The summed E-state index contributed by atoms with van der Waals surface area (Å²) in [6, 6.07) is 1.85. The summed E-state index contributed by atoms with van der Waals surface area (Å²) < 4.78 is 45.3. The van der Waals surface area contributed by atoms with E-state index in [0.29, 0.717) is 0 Å². The zero-order valence-corrected chi connectivity index (χ0v) is 15.6. The van der Waals surface area contributed by atoms with E-state index in [-0.39, 0.29) is 11.2 Å². The first-order valence-electron chi connectivity index (χ1n) is 8.06. The first-order chi connectivity index (χ1) is 11.2. The number of benzene rings is 1. The SMILES string of the molecule is CC(C)(C)OC(=O)Nc1cc(F)c(B2OC(C)(C)C(C)(C)O2)cc1F. The van der Waals surface area contributed by atoms with E-state index in [1.165, 1.54) is 0 Å². The van der Waals surface area contributed by atoms with Crippen LogP contribution in [-0.2, 0) is 14.0 Å². The minimum absolute atomic E-state index is 0.0640. The molecule has 1 amide bonds. The lowest BCUT2D eigenvalue weighted by Crippen LogP contribution is -2.41. The zero-order chi connectivity index (χ0) is 19.2. The van der Waals surface area contributed by atoms with Crippen LogP contribution in [0.2, 0.25) is 0 Å². The molecule has 0 radical (unpaired) electrons. The molecule has 1 N–H and O–H groups in total. The summed E-state index contributed by atoms with van der Waals surface area (Å²) in [5, 5.41) is 2.20. The lowest BCUT2D eigenvalue weighted by atomic mass is 9.78. The number of hydrogen-bond donors (Lipinski definition) is 1. The van der Waals surface area contributed by atoms with Crippen molar-refractivity contribution >= 4 is 24.4 Å². The number of halogens is 2. The average molecular weight is 355 g/mol. The van der Waals surface area contributed by atoms with Crippen LogP contribution in [0.25, 0.3) is 0 Å². The highest BCUT2D eigenvalue weighted by Gasteiger charge is 2.52. The standard InChI is InChI=1S/C17H24BF2NO4/c1-15(2,3)23-14(22)21-13-9-11(19)10(8-12(13)20)18-24-16(4,5)17(6,7)25-18/h8-9H,1-7H3,(H,21,22). The van der Waals surface area contributed by atoms with Gasteiger partial charge in [-0.3, -0.25) is 5.32 Å². The Labute approximate surface area is 147 Å².